The van der Waals surface area contributed by atoms with Crippen molar-refractivity contribution in [1.29, 1.82) is 0 Å². The minimum absolute atomic E-state index is 0.502. The van der Waals surface area contributed by atoms with Crippen molar-refractivity contribution < 1.29 is 5.11 Å². The van der Waals surface area contributed by atoms with Crippen molar-refractivity contribution in [3.8, 4) is 0 Å². The van der Waals surface area contributed by atoms with Crippen LogP contribution in [-0.2, 0) is 12.8 Å². The van der Waals surface area contributed by atoms with Crippen molar-refractivity contribution in [3.63, 3.8) is 0 Å². The number of rotatable bonds is 4. The smallest absolute Gasteiger partial charge is 0.0700 e. The number of hydrogen-bond donors (Lipinski definition) is 1. The topological polar surface area (TPSA) is 20.2 Å². The molecule has 0 saturated heterocycles. The zero-order valence-corrected chi connectivity index (χ0v) is 14.1. The van der Waals surface area contributed by atoms with E-state index in [-0.39, 0.29) is 0 Å². The summed E-state index contributed by atoms with van der Waals surface area (Å²) in [6.07, 6.45) is 1.05. The van der Waals surface area contributed by atoms with E-state index in [1.165, 1.54) is 0 Å². The highest BCUT2D eigenvalue weighted by Crippen LogP contribution is 2.27. The molecule has 0 aliphatic carbocycles. The molecule has 0 aromatic heterocycles. The first-order valence-corrected chi connectivity index (χ1v) is 7.81. The summed E-state index contributed by atoms with van der Waals surface area (Å²) >= 11 is 15.4. The van der Waals surface area contributed by atoms with Gasteiger partial charge in [-0.1, -0.05) is 57.3 Å². The third-order valence-corrected chi connectivity index (χ3v) is 4.18. The quantitative estimate of drug-likeness (QED) is 0.771. The van der Waals surface area contributed by atoms with Gasteiger partial charge in [0, 0.05) is 27.4 Å². The van der Waals surface area contributed by atoms with Gasteiger partial charge in [-0.05, 0) is 42.3 Å². The SMILES string of the molecule is CC(O)(Cc1ccc(Cl)cc1)Cc1ccc(Br)cc1Cl. The van der Waals surface area contributed by atoms with E-state index in [1.807, 2.05) is 49.4 Å². The first kappa shape index (κ1) is 15.8. The molecule has 0 amide bonds. The van der Waals surface area contributed by atoms with Crippen molar-refractivity contribution in [1.82, 2.24) is 0 Å². The molecule has 20 heavy (non-hydrogen) atoms. The predicted molar refractivity (Wildman–Crippen MR) is 88.6 cm³/mol. The van der Waals surface area contributed by atoms with Gasteiger partial charge in [-0.15, -0.1) is 0 Å². The Morgan fingerprint density at radius 1 is 1.05 bits per heavy atom. The lowest BCUT2D eigenvalue weighted by Gasteiger charge is -2.24. The van der Waals surface area contributed by atoms with Gasteiger partial charge >= 0.3 is 0 Å². The normalized spacial score (nSPS) is 14.1. The van der Waals surface area contributed by atoms with E-state index in [9.17, 15) is 5.11 Å². The molecule has 106 valence electrons. The molecule has 2 aromatic carbocycles. The lowest BCUT2D eigenvalue weighted by Crippen LogP contribution is -2.30. The predicted octanol–water partition coefficient (Wildman–Crippen LogP) is 5.29. The molecule has 0 radical (unpaired) electrons. The first-order chi connectivity index (χ1) is 9.35. The maximum Gasteiger partial charge on any atom is 0.0700 e. The van der Waals surface area contributed by atoms with Gasteiger partial charge in [0.1, 0.15) is 0 Å². The molecule has 0 aliphatic heterocycles. The Bertz CT molecular complexity index is 594. The second-order valence-corrected chi connectivity index (χ2v) is 6.97. The van der Waals surface area contributed by atoms with Gasteiger partial charge in [0.15, 0.2) is 0 Å². The summed E-state index contributed by atoms with van der Waals surface area (Å²) < 4.78 is 0.934. The Morgan fingerprint density at radius 3 is 2.30 bits per heavy atom. The maximum absolute atomic E-state index is 10.6. The molecule has 1 atom stereocenters. The van der Waals surface area contributed by atoms with E-state index < -0.39 is 5.60 Å². The van der Waals surface area contributed by atoms with Crippen LogP contribution in [0.3, 0.4) is 0 Å². The summed E-state index contributed by atoms with van der Waals surface area (Å²) in [5, 5.41) is 11.9. The summed E-state index contributed by atoms with van der Waals surface area (Å²) in [6, 6.07) is 13.2. The molecule has 0 heterocycles. The highest BCUT2D eigenvalue weighted by Gasteiger charge is 2.22. The monoisotopic (exact) mass is 372 g/mol. The Labute approximate surface area is 137 Å². The third-order valence-electron chi connectivity index (χ3n) is 3.08. The zero-order valence-electron chi connectivity index (χ0n) is 11.0. The summed E-state index contributed by atoms with van der Waals surface area (Å²) in [5.41, 5.74) is 1.13. The summed E-state index contributed by atoms with van der Waals surface area (Å²) in [7, 11) is 0. The Hall–Kier alpha value is -0.540. The fourth-order valence-electron chi connectivity index (χ4n) is 2.18. The summed E-state index contributed by atoms with van der Waals surface area (Å²) in [5.74, 6) is 0. The first-order valence-electron chi connectivity index (χ1n) is 6.26. The van der Waals surface area contributed by atoms with Gasteiger partial charge < -0.3 is 5.11 Å². The van der Waals surface area contributed by atoms with Gasteiger partial charge in [-0.25, -0.2) is 0 Å². The maximum atomic E-state index is 10.6. The van der Waals surface area contributed by atoms with Gasteiger partial charge in [-0.2, -0.15) is 0 Å². The second-order valence-electron chi connectivity index (χ2n) is 5.21. The number of hydrogen-bond acceptors (Lipinski definition) is 1. The molecule has 0 bridgehead atoms. The molecule has 0 fully saturated rings. The molecule has 2 aromatic rings. The molecule has 0 aliphatic rings. The van der Waals surface area contributed by atoms with E-state index in [0.717, 1.165) is 15.6 Å². The Kier molecular flexibility index (Phi) is 5.14. The van der Waals surface area contributed by atoms with E-state index >= 15 is 0 Å². The largest absolute Gasteiger partial charge is 0.389 e. The average Bonchev–Trinajstić information content (AvgIpc) is 2.35. The van der Waals surface area contributed by atoms with E-state index in [4.69, 9.17) is 23.2 Å². The third kappa shape index (κ3) is 4.49. The summed E-state index contributed by atoms with van der Waals surface area (Å²) in [4.78, 5) is 0. The van der Waals surface area contributed by atoms with Crippen molar-refractivity contribution in [3.05, 3.63) is 68.1 Å². The minimum atomic E-state index is -0.856. The molecule has 4 heteroatoms. The fourth-order valence-corrected chi connectivity index (χ4v) is 3.05. The zero-order chi connectivity index (χ0) is 14.8. The summed E-state index contributed by atoms with van der Waals surface area (Å²) in [6.45, 7) is 1.82. The van der Waals surface area contributed by atoms with Crippen LogP contribution in [-0.4, -0.2) is 10.7 Å². The number of benzene rings is 2. The molecule has 0 saturated carbocycles. The highest BCUT2D eigenvalue weighted by molar-refractivity contribution is 9.10. The van der Waals surface area contributed by atoms with Gasteiger partial charge in [-0.3, -0.25) is 0 Å². The van der Waals surface area contributed by atoms with Crippen molar-refractivity contribution in [2.75, 3.05) is 0 Å². The van der Waals surface area contributed by atoms with Crippen LogP contribution in [0.4, 0.5) is 0 Å². The van der Waals surface area contributed by atoms with Gasteiger partial charge in [0.25, 0.3) is 0 Å². The van der Waals surface area contributed by atoms with Crippen molar-refractivity contribution >= 4 is 39.1 Å². The van der Waals surface area contributed by atoms with Crippen LogP contribution in [0.5, 0.6) is 0 Å². The Balaban J connectivity index is 2.12. The molecule has 1 N–H and O–H groups in total. The van der Waals surface area contributed by atoms with Crippen molar-refractivity contribution in [2.24, 2.45) is 0 Å². The van der Waals surface area contributed by atoms with Crippen LogP contribution in [0.15, 0.2) is 46.9 Å². The van der Waals surface area contributed by atoms with Crippen LogP contribution in [0, 0.1) is 0 Å². The number of halogens is 3. The van der Waals surface area contributed by atoms with E-state index in [1.54, 1.807) is 0 Å². The minimum Gasteiger partial charge on any atom is -0.389 e. The lowest BCUT2D eigenvalue weighted by molar-refractivity contribution is 0.0608. The van der Waals surface area contributed by atoms with Crippen LogP contribution >= 0.6 is 39.1 Å². The van der Waals surface area contributed by atoms with E-state index in [0.29, 0.717) is 22.9 Å². The molecule has 0 spiro atoms. The van der Waals surface area contributed by atoms with Crippen molar-refractivity contribution in [2.45, 2.75) is 25.4 Å². The Morgan fingerprint density at radius 2 is 1.70 bits per heavy atom. The highest BCUT2D eigenvalue weighted by atomic mass is 79.9. The van der Waals surface area contributed by atoms with Crippen LogP contribution in [0.2, 0.25) is 10.0 Å². The number of aliphatic hydroxyl groups is 1. The van der Waals surface area contributed by atoms with Gasteiger partial charge in [0.2, 0.25) is 0 Å². The van der Waals surface area contributed by atoms with E-state index in [2.05, 4.69) is 15.9 Å². The van der Waals surface area contributed by atoms with Gasteiger partial charge in [0.05, 0.1) is 5.60 Å². The molecule has 1 unspecified atom stereocenters. The molecule has 1 nitrogen and oxygen atoms in total. The average molecular weight is 374 g/mol. The standard InChI is InChI=1S/C16H15BrCl2O/c1-16(20,9-11-2-6-14(18)7-3-11)10-12-4-5-13(17)8-15(12)19/h2-8,20H,9-10H2,1H3. The van der Waals surface area contributed by atoms with Crippen LogP contribution in [0.25, 0.3) is 0 Å². The fraction of sp³-hybridized carbons (Fsp3) is 0.250. The lowest BCUT2D eigenvalue weighted by atomic mass is 9.90. The van der Waals surface area contributed by atoms with Crippen LogP contribution in [0.1, 0.15) is 18.1 Å². The molecule has 2 rings (SSSR count). The molecular formula is C16H15BrCl2O. The van der Waals surface area contributed by atoms with Crippen LogP contribution < -0.4 is 0 Å². The molecular weight excluding hydrogens is 359 g/mol. The second kappa shape index (κ2) is 6.48.